The van der Waals surface area contributed by atoms with Crippen LogP contribution in [0.15, 0.2) is 57.8 Å². The van der Waals surface area contributed by atoms with Crippen molar-refractivity contribution in [2.24, 2.45) is 5.41 Å². The molecule has 0 radical (unpaired) electrons. The first-order valence-electron chi connectivity index (χ1n) is 11.9. The molecular formula is C27H33BrN4O2. The van der Waals surface area contributed by atoms with E-state index in [1.807, 2.05) is 74.2 Å². The van der Waals surface area contributed by atoms with Crippen LogP contribution in [-0.2, 0) is 4.79 Å². The molecule has 2 aromatic carbocycles. The van der Waals surface area contributed by atoms with Crippen LogP contribution >= 0.6 is 15.9 Å². The predicted molar refractivity (Wildman–Crippen MR) is 140 cm³/mol. The molecule has 0 bridgehead atoms. The minimum Gasteiger partial charge on any atom is -0.337 e. The van der Waals surface area contributed by atoms with Crippen molar-refractivity contribution >= 4 is 32.7 Å². The zero-order chi connectivity index (χ0) is 24.6. The summed E-state index contributed by atoms with van der Waals surface area (Å²) in [5, 5.41) is 0.609. The van der Waals surface area contributed by atoms with Crippen molar-refractivity contribution in [2.45, 2.75) is 53.1 Å². The molecule has 0 spiro atoms. The molecule has 1 aromatic heterocycles. The lowest BCUT2D eigenvalue weighted by atomic mass is 9.93. The van der Waals surface area contributed by atoms with Gasteiger partial charge >= 0.3 is 0 Å². The number of hydrogen-bond donors (Lipinski definition) is 0. The maximum Gasteiger partial charge on any atom is 0.266 e. The van der Waals surface area contributed by atoms with Crippen LogP contribution in [0.25, 0.3) is 16.6 Å². The number of amides is 1. The molecule has 1 aliphatic heterocycles. The van der Waals surface area contributed by atoms with Gasteiger partial charge in [-0.3, -0.25) is 19.1 Å². The fourth-order valence-corrected chi connectivity index (χ4v) is 5.08. The van der Waals surface area contributed by atoms with Crippen LogP contribution in [0.3, 0.4) is 0 Å². The number of piperazine rings is 1. The Balaban J connectivity index is 1.77. The Hall–Kier alpha value is -2.51. The highest BCUT2D eigenvalue weighted by molar-refractivity contribution is 9.10. The SMILES string of the molecule is CCC(c1nc2ccccc2c(=O)n1-c1ccc(Br)cc1)N1CCN(C(=O)C(C)(C)C)C(C)C1. The Kier molecular flexibility index (Phi) is 6.97. The van der Waals surface area contributed by atoms with E-state index in [0.717, 1.165) is 35.5 Å². The second kappa shape index (κ2) is 9.62. The third kappa shape index (κ3) is 4.68. The van der Waals surface area contributed by atoms with Gasteiger partial charge in [0.15, 0.2) is 0 Å². The van der Waals surface area contributed by atoms with Crippen LogP contribution < -0.4 is 5.56 Å². The minimum atomic E-state index is -0.400. The molecule has 1 amide bonds. The molecule has 1 fully saturated rings. The summed E-state index contributed by atoms with van der Waals surface area (Å²) in [6.07, 6.45) is 0.807. The zero-order valence-corrected chi connectivity index (χ0v) is 22.2. The molecule has 7 heteroatoms. The average Bonchev–Trinajstić information content (AvgIpc) is 2.80. The van der Waals surface area contributed by atoms with Crippen LogP contribution in [0.1, 0.15) is 52.9 Å². The highest BCUT2D eigenvalue weighted by Gasteiger charge is 2.36. The molecule has 6 nitrogen and oxygen atoms in total. The number of halogens is 1. The van der Waals surface area contributed by atoms with Gasteiger partial charge in [0.1, 0.15) is 5.82 Å². The number of hydrogen-bond acceptors (Lipinski definition) is 4. The van der Waals surface area contributed by atoms with Crippen LogP contribution in [0.2, 0.25) is 0 Å². The van der Waals surface area contributed by atoms with Gasteiger partial charge in [-0.15, -0.1) is 0 Å². The fourth-order valence-electron chi connectivity index (χ4n) is 4.82. The molecule has 4 rings (SSSR count). The maximum absolute atomic E-state index is 13.7. The summed E-state index contributed by atoms with van der Waals surface area (Å²) in [5.41, 5.74) is 1.05. The van der Waals surface area contributed by atoms with Gasteiger partial charge < -0.3 is 4.90 Å². The highest BCUT2D eigenvalue weighted by Crippen LogP contribution is 2.30. The van der Waals surface area contributed by atoms with E-state index >= 15 is 0 Å². The summed E-state index contributed by atoms with van der Waals surface area (Å²) in [5.74, 6) is 0.930. The van der Waals surface area contributed by atoms with Gasteiger partial charge in [-0.1, -0.05) is 55.8 Å². The summed E-state index contributed by atoms with van der Waals surface area (Å²) in [6, 6.07) is 15.4. The smallest absolute Gasteiger partial charge is 0.266 e. The molecule has 1 saturated heterocycles. The van der Waals surface area contributed by atoms with Crippen molar-refractivity contribution in [1.82, 2.24) is 19.4 Å². The monoisotopic (exact) mass is 524 g/mol. The van der Waals surface area contributed by atoms with Gasteiger partial charge in [-0.2, -0.15) is 0 Å². The molecule has 3 aromatic rings. The number of para-hydroxylation sites is 1. The third-order valence-electron chi connectivity index (χ3n) is 6.57. The third-order valence-corrected chi connectivity index (χ3v) is 7.10. The zero-order valence-electron chi connectivity index (χ0n) is 20.6. The molecular weight excluding hydrogens is 492 g/mol. The minimum absolute atomic E-state index is 0.0460. The van der Waals surface area contributed by atoms with E-state index in [9.17, 15) is 9.59 Å². The van der Waals surface area contributed by atoms with E-state index in [1.165, 1.54) is 0 Å². The summed E-state index contributed by atoms with van der Waals surface area (Å²) in [4.78, 5) is 36.0. The molecule has 1 aliphatic rings. The van der Waals surface area contributed by atoms with Gasteiger partial charge in [0, 0.05) is 35.6 Å². The Morgan fingerprint density at radius 3 is 2.41 bits per heavy atom. The first-order chi connectivity index (χ1) is 16.1. The van der Waals surface area contributed by atoms with Crippen molar-refractivity contribution in [3.05, 3.63) is 69.2 Å². The van der Waals surface area contributed by atoms with Crippen LogP contribution in [-0.4, -0.2) is 50.9 Å². The highest BCUT2D eigenvalue weighted by atomic mass is 79.9. The van der Waals surface area contributed by atoms with Gasteiger partial charge in [-0.25, -0.2) is 4.98 Å². The number of carbonyl (C=O) groups excluding carboxylic acids is 1. The normalized spacial score (nSPS) is 18.3. The topological polar surface area (TPSA) is 58.4 Å². The number of rotatable bonds is 4. The second-order valence-electron chi connectivity index (χ2n) is 10.1. The Morgan fingerprint density at radius 1 is 1.12 bits per heavy atom. The predicted octanol–water partition coefficient (Wildman–Crippen LogP) is 5.18. The molecule has 0 aliphatic carbocycles. The van der Waals surface area contributed by atoms with Gasteiger partial charge in [0.2, 0.25) is 5.91 Å². The Morgan fingerprint density at radius 2 is 1.79 bits per heavy atom. The van der Waals surface area contributed by atoms with Crippen molar-refractivity contribution in [1.29, 1.82) is 0 Å². The van der Waals surface area contributed by atoms with Gasteiger partial charge in [-0.05, 0) is 49.7 Å². The standard InChI is InChI=1S/C27H33BrN4O2/c1-6-23(30-15-16-31(18(2)17-30)26(34)27(3,4)5)24-29-22-10-8-7-9-21(22)25(33)32(24)20-13-11-19(28)12-14-20/h7-14,18,23H,6,15-17H2,1-5H3. The lowest BCUT2D eigenvalue weighted by molar-refractivity contribution is -0.144. The van der Waals surface area contributed by atoms with Crippen molar-refractivity contribution in [3.8, 4) is 5.69 Å². The lowest BCUT2D eigenvalue weighted by Gasteiger charge is -2.45. The maximum atomic E-state index is 13.7. The van der Waals surface area contributed by atoms with E-state index in [4.69, 9.17) is 4.98 Å². The van der Waals surface area contributed by atoms with Crippen LogP contribution in [0.5, 0.6) is 0 Å². The summed E-state index contributed by atoms with van der Waals surface area (Å²) < 4.78 is 2.72. The lowest BCUT2D eigenvalue weighted by Crippen LogP contribution is -2.57. The largest absolute Gasteiger partial charge is 0.337 e. The molecule has 180 valence electrons. The molecule has 2 atom stereocenters. The van der Waals surface area contributed by atoms with Crippen molar-refractivity contribution in [2.75, 3.05) is 19.6 Å². The number of carbonyl (C=O) groups is 1. The first kappa shape index (κ1) is 24.6. The quantitative estimate of drug-likeness (QED) is 0.471. The molecule has 2 heterocycles. The van der Waals surface area contributed by atoms with E-state index in [2.05, 4.69) is 34.7 Å². The number of fused-ring (bicyclic) bond motifs is 1. The Labute approximate surface area is 209 Å². The molecule has 2 unspecified atom stereocenters. The van der Waals surface area contributed by atoms with Crippen LogP contribution in [0.4, 0.5) is 0 Å². The van der Waals surface area contributed by atoms with Gasteiger partial charge in [0.25, 0.3) is 5.56 Å². The van der Waals surface area contributed by atoms with Crippen LogP contribution in [0, 0.1) is 5.41 Å². The first-order valence-corrected chi connectivity index (χ1v) is 12.7. The molecule has 0 N–H and O–H groups in total. The van der Waals surface area contributed by atoms with E-state index in [1.54, 1.807) is 4.57 Å². The van der Waals surface area contributed by atoms with E-state index in [0.29, 0.717) is 17.4 Å². The van der Waals surface area contributed by atoms with Gasteiger partial charge in [0.05, 0.1) is 22.6 Å². The van der Waals surface area contributed by atoms with E-state index < -0.39 is 5.41 Å². The number of benzene rings is 2. The van der Waals surface area contributed by atoms with E-state index in [-0.39, 0.29) is 23.6 Å². The fraction of sp³-hybridized carbons (Fsp3) is 0.444. The summed E-state index contributed by atoms with van der Waals surface area (Å²) in [6.45, 7) is 12.3. The number of nitrogens with zero attached hydrogens (tertiary/aromatic N) is 4. The average molecular weight is 525 g/mol. The molecule has 0 saturated carbocycles. The summed E-state index contributed by atoms with van der Waals surface area (Å²) in [7, 11) is 0. The second-order valence-corrected chi connectivity index (χ2v) is 11.0. The molecule has 34 heavy (non-hydrogen) atoms. The Bertz CT molecular complexity index is 1250. The van der Waals surface area contributed by atoms with Crippen molar-refractivity contribution in [3.63, 3.8) is 0 Å². The summed E-state index contributed by atoms with van der Waals surface area (Å²) >= 11 is 3.49. The number of aromatic nitrogens is 2. The van der Waals surface area contributed by atoms with Crippen molar-refractivity contribution < 1.29 is 4.79 Å².